The molecule has 6 nitrogen and oxygen atoms in total. The second kappa shape index (κ2) is 6.84. The number of nitrogens with zero attached hydrogens (tertiary/aromatic N) is 1. The molecule has 130 valence electrons. The van der Waals surface area contributed by atoms with Crippen molar-refractivity contribution < 1.29 is 18.3 Å². The molecule has 3 rings (SSSR count). The number of aliphatic hydroxyl groups is 1. The number of epoxide rings is 1. The molecule has 1 aliphatic rings. The lowest BCUT2D eigenvalue weighted by atomic mass is 9.95. The Bertz CT molecular complexity index is 900. The van der Waals surface area contributed by atoms with E-state index < -0.39 is 15.6 Å². The Kier molecular flexibility index (Phi) is 4.77. The molecular weight excluding hydrogens is 340 g/mol. The normalized spacial score (nSPS) is 19.2. The molecule has 0 saturated carbocycles. The summed E-state index contributed by atoms with van der Waals surface area (Å²) < 4.78 is 32.3. The van der Waals surface area contributed by atoms with Crippen LogP contribution in [0.5, 0.6) is 0 Å². The fourth-order valence-electron chi connectivity index (χ4n) is 2.64. The maximum atomic E-state index is 12.3. The van der Waals surface area contributed by atoms with Crippen LogP contribution in [0.2, 0.25) is 0 Å². The molecule has 7 heteroatoms. The Morgan fingerprint density at radius 3 is 2.56 bits per heavy atom. The molecule has 25 heavy (non-hydrogen) atoms. The van der Waals surface area contributed by atoms with Crippen molar-refractivity contribution in [2.75, 3.05) is 23.7 Å². The quantitative estimate of drug-likeness (QED) is 0.734. The van der Waals surface area contributed by atoms with Gasteiger partial charge in [-0.25, -0.2) is 8.42 Å². The van der Waals surface area contributed by atoms with Crippen LogP contribution in [-0.4, -0.2) is 32.5 Å². The summed E-state index contributed by atoms with van der Waals surface area (Å²) in [6, 6.07) is 16.1. The Labute approximate surface area is 146 Å². The van der Waals surface area contributed by atoms with Gasteiger partial charge in [-0.15, -0.1) is 0 Å². The van der Waals surface area contributed by atoms with Gasteiger partial charge in [-0.05, 0) is 24.1 Å². The molecule has 1 atom stereocenters. The van der Waals surface area contributed by atoms with E-state index in [0.717, 1.165) is 5.56 Å². The summed E-state index contributed by atoms with van der Waals surface area (Å²) in [5.74, 6) is -0.0512. The van der Waals surface area contributed by atoms with E-state index >= 15 is 0 Å². The van der Waals surface area contributed by atoms with Crippen molar-refractivity contribution in [3.05, 3.63) is 65.2 Å². The van der Waals surface area contributed by atoms with Gasteiger partial charge in [0, 0.05) is 11.3 Å². The Morgan fingerprint density at radius 1 is 1.24 bits per heavy atom. The fraction of sp³-hybridized carbons (Fsp3) is 0.278. The first-order valence-corrected chi connectivity index (χ1v) is 9.47. The molecule has 1 fully saturated rings. The monoisotopic (exact) mass is 358 g/mol. The summed E-state index contributed by atoms with van der Waals surface area (Å²) in [7, 11) is -3.54. The van der Waals surface area contributed by atoms with Crippen molar-refractivity contribution >= 4 is 15.7 Å². The molecular formula is C18H18N2O4S. The predicted octanol–water partition coefficient (Wildman–Crippen LogP) is 1.76. The highest BCUT2D eigenvalue weighted by Crippen LogP contribution is 2.40. The smallest absolute Gasteiger partial charge is 0.233 e. The number of nitriles is 1. The highest BCUT2D eigenvalue weighted by molar-refractivity contribution is 7.92. The summed E-state index contributed by atoms with van der Waals surface area (Å²) in [6.45, 7) is 0.129. The molecule has 2 aromatic rings. The predicted molar refractivity (Wildman–Crippen MR) is 93.4 cm³/mol. The van der Waals surface area contributed by atoms with Crippen LogP contribution in [0.25, 0.3) is 0 Å². The van der Waals surface area contributed by atoms with E-state index in [4.69, 9.17) is 4.74 Å². The third kappa shape index (κ3) is 3.99. The minimum atomic E-state index is -3.54. The van der Waals surface area contributed by atoms with E-state index in [1.54, 1.807) is 12.1 Å². The molecule has 1 heterocycles. The van der Waals surface area contributed by atoms with Gasteiger partial charge in [-0.3, -0.25) is 4.72 Å². The van der Waals surface area contributed by atoms with Crippen LogP contribution in [0, 0.1) is 11.3 Å². The molecule has 1 aliphatic heterocycles. The van der Waals surface area contributed by atoms with Crippen LogP contribution >= 0.6 is 0 Å². The number of rotatable bonds is 7. The van der Waals surface area contributed by atoms with Gasteiger partial charge in [0.25, 0.3) is 0 Å². The average molecular weight is 358 g/mol. The van der Waals surface area contributed by atoms with Crippen molar-refractivity contribution in [1.82, 2.24) is 0 Å². The number of aliphatic hydroxyl groups excluding tert-OH is 1. The lowest BCUT2D eigenvalue weighted by molar-refractivity contribution is 0.172. The summed E-state index contributed by atoms with van der Waals surface area (Å²) >= 11 is 0. The molecule has 0 spiro atoms. The van der Waals surface area contributed by atoms with Crippen LogP contribution in [0.15, 0.2) is 48.5 Å². The Balaban J connectivity index is 1.73. The molecule has 0 aliphatic carbocycles. The van der Waals surface area contributed by atoms with E-state index in [2.05, 4.69) is 4.72 Å². The molecule has 0 aromatic heterocycles. The highest BCUT2D eigenvalue weighted by Gasteiger charge is 2.47. The number of hydrogen-bond donors (Lipinski definition) is 2. The maximum Gasteiger partial charge on any atom is 0.233 e. The van der Waals surface area contributed by atoms with E-state index in [0.29, 0.717) is 24.3 Å². The number of anilines is 1. The molecule has 0 unspecified atom stereocenters. The molecule has 2 aromatic carbocycles. The van der Waals surface area contributed by atoms with Gasteiger partial charge in [-0.1, -0.05) is 36.4 Å². The first kappa shape index (κ1) is 17.4. The third-order valence-corrected chi connectivity index (χ3v) is 5.44. The average Bonchev–Trinajstić information content (AvgIpc) is 3.41. The fourth-order valence-corrected chi connectivity index (χ4v) is 3.74. The van der Waals surface area contributed by atoms with Crippen molar-refractivity contribution in [3.63, 3.8) is 0 Å². The van der Waals surface area contributed by atoms with Crippen molar-refractivity contribution in [3.8, 4) is 6.07 Å². The summed E-state index contributed by atoms with van der Waals surface area (Å²) in [5, 5.41) is 18.7. The molecule has 0 bridgehead atoms. The molecule has 2 N–H and O–H groups in total. The molecule has 1 saturated heterocycles. The van der Waals surface area contributed by atoms with Gasteiger partial charge in [0.1, 0.15) is 5.60 Å². The minimum Gasteiger partial charge on any atom is -0.393 e. The van der Waals surface area contributed by atoms with Crippen molar-refractivity contribution in [2.45, 2.75) is 12.0 Å². The zero-order valence-electron chi connectivity index (χ0n) is 13.5. The van der Waals surface area contributed by atoms with Gasteiger partial charge in [0.2, 0.25) is 10.0 Å². The van der Waals surface area contributed by atoms with Gasteiger partial charge in [0.05, 0.1) is 30.6 Å². The SMILES string of the molecule is N#Cc1cc(NS(=O)(=O)CCc2ccccc2)ccc1[C@@]1(CO)CO1. The maximum absolute atomic E-state index is 12.3. The number of nitrogens with one attached hydrogen (secondary N) is 1. The van der Waals surface area contributed by atoms with Crippen LogP contribution < -0.4 is 4.72 Å². The Morgan fingerprint density at radius 2 is 1.96 bits per heavy atom. The summed E-state index contributed by atoms with van der Waals surface area (Å²) in [4.78, 5) is 0. The van der Waals surface area contributed by atoms with Gasteiger partial charge >= 0.3 is 0 Å². The first-order chi connectivity index (χ1) is 12.0. The van der Waals surface area contributed by atoms with Crippen LogP contribution in [0.3, 0.4) is 0 Å². The van der Waals surface area contributed by atoms with Crippen LogP contribution in [0.1, 0.15) is 16.7 Å². The lowest BCUT2D eigenvalue weighted by Crippen LogP contribution is -2.19. The van der Waals surface area contributed by atoms with E-state index in [1.807, 2.05) is 36.4 Å². The van der Waals surface area contributed by atoms with Gasteiger partial charge in [0.15, 0.2) is 0 Å². The minimum absolute atomic E-state index is 0.0512. The first-order valence-electron chi connectivity index (χ1n) is 7.82. The van der Waals surface area contributed by atoms with E-state index in [9.17, 15) is 18.8 Å². The van der Waals surface area contributed by atoms with E-state index in [-0.39, 0.29) is 17.9 Å². The number of benzene rings is 2. The number of sulfonamides is 1. The highest BCUT2D eigenvalue weighted by atomic mass is 32.2. The van der Waals surface area contributed by atoms with Crippen molar-refractivity contribution in [2.24, 2.45) is 0 Å². The lowest BCUT2D eigenvalue weighted by Gasteiger charge is -2.13. The van der Waals surface area contributed by atoms with Gasteiger partial charge < -0.3 is 9.84 Å². The molecule has 0 amide bonds. The van der Waals surface area contributed by atoms with Crippen LogP contribution in [0.4, 0.5) is 5.69 Å². The summed E-state index contributed by atoms with van der Waals surface area (Å²) in [5.41, 5.74) is 1.30. The molecule has 0 radical (unpaired) electrons. The number of hydrogen-bond acceptors (Lipinski definition) is 5. The summed E-state index contributed by atoms with van der Waals surface area (Å²) in [6.07, 6.45) is 0.404. The topological polar surface area (TPSA) is 103 Å². The van der Waals surface area contributed by atoms with Crippen LogP contribution in [-0.2, 0) is 26.8 Å². The van der Waals surface area contributed by atoms with Crippen molar-refractivity contribution in [1.29, 1.82) is 5.26 Å². The number of ether oxygens (including phenoxy) is 1. The second-order valence-electron chi connectivity index (χ2n) is 5.97. The zero-order chi connectivity index (χ0) is 17.9. The van der Waals surface area contributed by atoms with Gasteiger partial charge in [-0.2, -0.15) is 5.26 Å². The second-order valence-corrected chi connectivity index (χ2v) is 7.81. The standard InChI is InChI=1S/C18H18N2O4S/c19-11-15-10-16(6-7-17(15)18(12-21)13-24-18)20-25(22,23)9-8-14-4-2-1-3-5-14/h1-7,10,20-21H,8-9,12-13H2/t18-/m1/s1. The zero-order valence-corrected chi connectivity index (χ0v) is 14.3. The third-order valence-electron chi connectivity index (χ3n) is 4.15. The largest absolute Gasteiger partial charge is 0.393 e. The number of aryl methyl sites for hydroxylation is 1. The van der Waals surface area contributed by atoms with E-state index in [1.165, 1.54) is 6.07 Å². The Hall–Kier alpha value is -2.40.